The van der Waals surface area contributed by atoms with Crippen LogP contribution in [0, 0.1) is 5.92 Å². The molecule has 0 spiro atoms. The number of allylic oxidation sites excluding steroid dienone is 1. The van der Waals surface area contributed by atoms with E-state index in [4.69, 9.17) is 0 Å². The molecule has 3 rings (SSSR count). The Kier molecular flexibility index (Phi) is 3.96. The van der Waals surface area contributed by atoms with Crippen LogP contribution in [0.1, 0.15) is 64.2 Å². The minimum atomic E-state index is 0.204. The fourth-order valence-corrected chi connectivity index (χ4v) is 3.88. The van der Waals surface area contributed by atoms with E-state index in [9.17, 15) is 0 Å². The van der Waals surface area contributed by atoms with Crippen molar-refractivity contribution in [3.8, 4) is 11.1 Å². The molecule has 0 aliphatic heterocycles. The molecule has 2 aromatic rings. The molecule has 1 aliphatic carbocycles. The third kappa shape index (κ3) is 2.87. The molecule has 1 atom stereocenters. The highest BCUT2D eigenvalue weighted by molar-refractivity contribution is 5.79. The van der Waals surface area contributed by atoms with E-state index in [1.165, 1.54) is 33.4 Å². The van der Waals surface area contributed by atoms with Gasteiger partial charge in [0, 0.05) is 5.92 Å². The van der Waals surface area contributed by atoms with E-state index in [1.807, 2.05) is 0 Å². The van der Waals surface area contributed by atoms with E-state index in [1.54, 1.807) is 0 Å². The van der Waals surface area contributed by atoms with Crippen LogP contribution in [0.25, 0.3) is 17.2 Å². The summed E-state index contributed by atoms with van der Waals surface area (Å²) in [6.07, 6.45) is 2.37. The molecule has 0 saturated heterocycles. The van der Waals surface area contributed by atoms with Crippen molar-refractivity contribution in [1.29, 1.82) is 0 Å². The summed E-state index contributed by atoms with van der Waals surface area (Å²) in [4.78, 5) is 0. The average molecular weight is 304 g/mol. The van der Waals surface area contributed by atoms with Gasteiger partial charge in [0.05, 0.1) is 0 Å². The minimum Gasteiger partial charge on any atom is -0.0649 e. The van der Waals surface area contributed by atoms with Crippen molar-refractivity contribution in [2.45, 2.75) is 52.9 Å². The van der Waals surface area contributed by atoms with Crippen molar-refractivity contribution >= 4 is 6.08 Å². The van der Waals surface area contributed by atoms with Crippen LogP contribution in [-0.4, -0.2) is 0 Å². The zero-order valence-electron chi connectivity index (χ0n) is 15.3. The van der Waals surface area contributed by atoms with Crippen LogP contribution in [0.2, 0.25) is 0 Å². The van der Waals surface area contributed by atoms with Crippen molar-refractivity contribution < 1.29 is 0 Å². The summed E-state index contributed by atoms with van der Waals surface area (Å²) in [7, 11) is 0. The molecule has 0 radical (unpaired) electrons. The molecule has 1 unspecified atom stereocenters. The van der Waals surface area contributed by atoms with Crippen molar-refractivity contribution in [3.63, 3.8) is 0 Å². The first kappa shape index (κ1) is 16.1. The van der Waals surface area contributed by atoms with E-state index in [0.717, 1.165) is 0 Å². The Labute approximate surface area is 141 Å². The smallest absolute Gasteiger partial charge is 0.00838 e. The van der Waals surface area contributed by atoms with Gasteiger partial charge in [-0.05, 0) is 46.1 Å². The van der Waals surface area contributed by atoms with E-state index in [2.05, 4.69) is 90.1 Å². The standard InChI is InChI=1S/C23H28/c1-15(2)21-16(3)14-18-8-7-9-20(22(18)21)17-10-12-19(13-11-17)23(4,5)6/h7-15,21H,1-6H3. The Morgan fingerprint density at radius 2 is 1.57 bits per heavy atom. The van der Waals surface area contributed by atoms with Crippen molar-refractivity contribution in [1.82, 2.24) is 0 Å². The first-order chi connectivity index (χ1) is 10.8. The van der Waals surface area contributed by atoms with Gasteiger partial charge in [0.1, 0.15) is 0 Å². The van der Waals surface area contributed by atoms with Crippen molar-refractivity contribution in [2.75, 3.05) is 0 Å². The van der Waals surface area contributed by atoms with Gasteiger partial charge >= 0.3 is 0 Å². The Morgan fingerprint density at radius 1 is 0.913 bits per heavy atom. The van der Waals surface area contributed by atoms with Crippen molar-refractivity contribution in [2.24, 2.45) is 5.92 Å². The lowest BCUT2D eigenvalue weighted by Crippen LogP contribution is -2.10. The first-order valence-electron chi connectivity index (χ1n) is 8.71. The normalized spacial score (nSPS) is 17.3. The lowest BCUT2D eigenvalue weighted by Gasteiger charge is -2.23. The maximum atomic E-state index is 2.37. The Morgan fingerprint density at radius 3 is 2.13 bits per heavy atom. The van der Waals surface area contributed by atoms with Gasteiger partial charge in [0.15, 0.2) is 0 Å². The third-order valence-corrected chi connectivity index (χ3v) is 5.05. The van der Waals surface area contributed by atoms with Gasteiger partial charge in [-0.3, -0.25) is 0 Å². The molecular formula is C23H28. The van der Waals surface area contributed by atoms with Gasteiger partial charge < -0.3 is 0 Å². The quantitative estimate of drug-likeness (QED) is 0.572. The first-order valence-corrected chi connectivity index (χ1v) is 8.71. The summed E-state index contributed by atoms with van der Waals surface area (Å²) in [6, 6.07) is 15.9. The SMILES string of the molecule is CC1=Cc2cccc(-c3ccc(C(C)(C)C)cc3)c2C1C(C)C. The number of rotatable bonds is 2. The molecule has 0 bridgehead atoms. The summed E-state index contributed by atoms with van der Waals surface area (Å²) in [5.41, 5.74) is 8.74. The molecule has 0 amide bonds. The maximum Gasteiger partial charge on any atom is 0.00838 e. The molecular weight excluding hydrogens is 276 g/mol. The fraction of sp³-hybridized carbons (Fsp3) is 0.391. The van der Waals surface area contributed by atoms with Crippen LogP contribution in [0.4, 0.5) is 0 Å². The van der Waals surface area contributed by atoms with Crippen LogP contribution in [0.5, 0.6) is 0 Å². The molecule has 0 heterocycles. The van der Waals surface area contributed by atoms with Gasteiger partial charge in [0.2, 0.25) is 0 Å². The second-order valence-electron chi connectivity index (χ2n) is 8.25. The van der Waals surface area contributed by atoms with Gasteiger partial charge in [0.25, 0.3) is 0 Å². The Hall–Kier alpha value is -1.82. The van der Waals surface area contributed by atoms with Gasteiger partial charge in [-0.25, -0.2) is 0 Å². The Bertz CT molecular complexity index is 737. The molecule has 1 aliphatic rings. The average Bonchev–Trinajstić information content (AvgIpc) is 2.82. The molecule has 2 aromatic carbocycles. The number of fused-ring (bicyclic) bond motifs is 1. The second kappa shape index (κ2) is 5.67. The fourth-order valence-electron chi connectivity index (χ4n) is 3.88. The van der Waals surface area contributed by atoms with Crippen LogP contribution in [0.15, 0.2) is 48.0 Å². The van der Waals surface area contributed by atoms with Crippen LogP contribution in [-0.2, 0) is 5.41 Å². The van der Waals surface area contributed by atoms with Gasteiger partial charge in [-0.1, -0.05) is 88.7 Å². The largest absolute Gasteiger partial charge is 0.0649 e. The summed E-state index contributed by atoms with van der Waals surface area (Å²) >= 11 is 0. The van der Waals surface area contributed by atoms with E-state index < -0.39 is 0 Å². The zero-order chi connectivity index (χ0) is 16.8. The van der Waals surface area contributed by atoms with E-state index in [-0.39, 0.29) is 5.41 Å². The molecule has 23 heavy (non-hydrogen) atoms. The Balaban J connectivity index is 2.09. The lowest BCUT2D eigenvalue weighted by atomic mass is 9.81. The van der Waals surface area contributed by atoms with E-state index >= 15 is 0 Å². The highest BCUT2D eigenvalue weighted by atomic mass is 14.3. The number of hydrogen-bond donors (Lipinski definition) is 0. The summed E-state index contributed by atoms with van der Waals surface area (Å²) in [5.74, 6) is 1.17. The maximum absolute atomic E-state index is 2.37. The molecule has 0 saturated carbocycles. The lowest BCUT2D eigenvalue weighted by molar-refractivity contribution is 0.564. The van der Waals surface area contributed by atoms with Gasteiger partial charge in [-0.2, -0.15) is 0 Å². The zero-order valence-corrected chi connectivity index (χ0v) is 15.3. The summed E-state index contributed by atoms with van der Waals surface area (Å²) in [5, 5.41) is 0. The molecule has 0 heteroatoms. The summed E-state index contributed by atoms with van der Waals surface area (Å²) in [6.45, 7) is 13.7. The summed E-state index contributed by atoms with van der Waals surface area (Å²) < 4.78 is 0. The molecule has 0 aromatic heterocycles. The van der Waals surface area contributed by atoms with Crippen molar-refractivity contribution in [3.05, 3.63) is 64.7 Å². The second-order valence-corrected chi connectivity index (χ2v) is 8.25. The topological polar surface area (TPSA) is 0 Å². The predicted molar refractivity (Wildman–Crippen MR) is 102 cm³/mol. The van der Waals surface area contributed by atoms with Gasteiger partial charge in [-0.15, -0.1) is 0 Å². The molecule has 0 fully saturated rings. The van der Waals surface area contributed by atoms with Crippen LogP contribution >= 0.6 is 0 Å². The highest BCUT2D eigenvalue weighted by Gasteiger charge is 2.28. The predicted octanol–water partition coefficient (Wildman–Crippen LogP) is 6.81. The molecule has 120 valence electrons. The molecule has 0 nitrogen and oxygen atoms in total. The van der Waals surface area contributed by atoms with E-state index in [0.29, 0.717) is 11.8 Å². The van der Waals surface area contributed by atoms with Crippen LogP contribution in [0.3, 0.4) is 0 Å². The van der Waals surface area contributed by atoms with Crippen LogP contribution < -0.4 is 0 Å². The molecule has 0 N–H and O–H groups in total. The highest BCUT2D eigenvalue weighted by Crippen LogP contribution is 2.45. The number of hydrogen-bond acceptors (Lipinski definition) is 0. The minimum absolute atomic E-state index is 0.204. The third-order valence-electron chi connectivity index (χ3n) is 5.05. The monoisotopic (exact) mass is 304 g/mol. The number of benzene rings is 2.